The zero-order valence-electron chi connectivity index (χ0n) is 16.0. The Bertz CT molecular complexity index is 1110. The molecule has 0 aliphatic carbocycles. The largest absolute Gasteiger partial charge is 0.439 e. The van der Waals surface area contributed by atoms with Crippen LogP contribution < -0.4 is 4.74 Å². The molecule has 1 aromatic carbocycles. The van der Waals surface area contributed by atoms with Gasteiger partial charge in [-0.3, -0.25) is 4.79 Å². The maximum absolute atomic E-state index is 13.3. The summed E-state index contributed by atoms with van der Waals surface area (Å²) in [6.07, 6.45) is -4.54. The van der Waals surface area contributed by atoms with Crippen LogP contribution in [-0.2, 0) is 6.18 Å². The monoisotopic (exact) mass is 437 g/mol. The van der Waals surface area contributed by atoms with Gasteiger partial charge in [-0.25, -0.2) is 18.7 Å². The van der Waals surface area contributed by atoms with E-state index >= 15 is 0 Å². The van der Waals surface area contributed by atoms with Crippen molar-refractivity contribution < 1.29 is 31.5 Å². The Kier molecular flexibility index (Phi) is 5.24. The first-order valence-electron chi connectivity index (χ1n) is 9.40. The standard InChI is InChI=1S/C21H16F5N3O2/c22-20(23)7-9-29(10-8-20)19(30)17-4-1-13-11-15(3-5-16(13)28-17)31-18-6-2-14(12-27-18)21(24,25)26/h1-6,11-12H,7-10H2. The lowest BCUT2D eigenvalue weighted by Gasteiger charge is -2.31. The van der Waals surface area contributed by atoms with Gasteiger partial charge in [0.15, 0.2) is 0 Å². The van der Waals surface area contributed by atoms with E-state index < -0.39 is 23.6 Å². The SMILES string of the molecule is O=C(c1ccc2cc(Oc3ccc(C(F)(F)F)cn3)ccc2n1)N1CCC(F)(F)CC1. The lowest BCUT2D eigenvalue weighted by molar-refractivity contribution is -0.137. The van der Waals surface area contributed by atoms with Gasteiger partial charge in [-0.15, -0.1) is 0 Å². The molecule has 0 N–H and O–H groups in total. The number of fused-ring (bicyclic) bond motifs is 1. The molecule has 3 aromatic rings. The second-order valence-electron chi connectivity index (χ2n) is 7.18. The Hall–Kier alpha value is -3.30. The minimum atomic E-state index is -4.48. The third-order valence-corrected chi connectivity index (χ3v) is 4.95. The molecular weight excluding hydrogens is 421 g/mol. The third kappa shape index (κ3) is 4.73. The lowest BCUT2D eigenvalue weighted by Crippen LogP contribution is -2.42. The highest BCUT2D eigenvalue weighted by molar-refractivity contribution is 5.95. The van der Waals surface area contributed by atoms with Gasteiger partial charge < -0.3 is 9.64 Å². The summed E-state index contributed by atoms with van der Waals surface area (Å²) >= 11 is 0. The number of hydrogen-bond acceptors (Lipinski definition) is 4. The van der Waals surface area contributed by atoms with Crippen LogP contribution >= 0.6 is 0 Å². The second kappa shape index (κ2) is 7.75. The first kappa shape index (κ1) is 21.0. The minimum Gasteiger partial charge on any atom is -0.439 e. The van der Waals surface area contributed by atoms with Crippen molar-refractivity contribution in [2.45, 2.75) is 24.9 Å². The number of nitrogens with zero attached hydrogens (tertiary/aromatic N) is 3. The summed E-state index contributed by atoms with van der Waals surface area (Å²) in [4.78, 5) is 21.9. The zero-order chi connectivity index (χ0) is 22.2. The smallest absolute Gasteiger partial charge is 0.417 e. The van der Waals surface area contributed by atoms with Gasteiger partial charge in [0.25, 0.3) is 11.8 Å². The van der Waals surface area contributed by atoms with Gasteiger partial charge in [-0.1, -0.05) is 6.07 Å². The van der Waals surface area contributed by atoms with Crippen LogP contribution in [0.25, 0.3) is 10.9 Å². The van der Waals surface area contributed by atoms with Gasteiger partial charge in [0.2, 0.25) is 5.88 Å². The molecule has 10 heteroatoms. The quantitative estimate of drug-likeness (QED) is 0.521. The number of alkyl halides is 5. The molecule has 0 spiro atoms. The molecule has 0 atom stereocenters. The third-order valence-electron chi connectivity index (χ3n) is 4.95. The summed E-state index contributed by atoms with van der Waals surface area (Å²) in [6.45, 7) is -0.0586. The van der Waals surface area contributed by atoms with Gasteiger partial charge in [-0.2, -0.15) is 13.2 Å². The van der Waals surface area contributed by atoms with Crippen molar-refractivity contribution in [1.29, 1.82) is 0 Å². The van der Waals surface area contributed by atoms with Crippen LogP contribution in [0.2, 0.25) is 0 Å². The zero-order valence-corrected chi connectivity index (χ0v) is 16.0. The van der Waals surface area contributed by atoms with Crippen molar-refractivity contribution in [2.24, 2.45) is 0 Å². The predicted molar refractivity (Wildman–Crippen MR) is 101 cm³/mol. The summed E-state index contributed by atoms with van der Waals surface area (Å²) in [5.41, 5.74) is -0.242. The number of aromatic nitrogens is 2. The molecule has 0 bridgehead atoms. The summed E-state index contributed by atoms with van der Waals surface area (Å²) in [5, 5.41) is 0.631. The average molecular weight is 437 g/mol. The number of ether oxygens (including phenoxy) is 1. The first-order valence-corrected chi connectivity index (χ1v) is 9.40. The van der Waals surface area contributed by atoms with Crippen molar-refractivity contribution >= 4 is 16.8 Å². The molecule has 1 amide bonds. The molecule has 1 aliphatic heterocycles. The maximum Gasteiger partial charge on any atom is 0.417 e. The molecule has 5 nitrogen and oxygen atoms in total. The topological polar surface area (TPSA) is 55.3 Å². The van der Waals surface area contributed by atoms with Crippen LogP contribution in [0.3, 0.4) is 0 Å². The van der Waals surface area contributed by atoms with Crippen LogP contribution in [0.5, 0.6) is 11.6 Å². The lowest BCUT2D eigenvalue weighted by atomic mass is 10.1. The Balaban J connectivity index is 1.49. The number of carbonyl (C=O) groups excluding carboxylic acids is 1. The normalized spacial score (nSPS) is 16.4. The second-order valence-corrected chi connectivity index (χ2v) is 7.18. The van der Waals surface area contributed by atoms with E-state index in [1.54, 1.807) is 24.3 Å². The maximum atomic E-state index is 13.3. The molecular formula is C21H16F5N3O2. The molecule has 4 rings (SSSR count). The molecule has 0 unspecified atom stereocenters. The van der Waals surface area contributed by atoms with Crippen molar-refractivity contribution in [3.05, 3.63) is 59.9 Å². The number of amides is 1. The van der Waals surface area contributed by atoms with E-state index in [0.29, 0.717) is 22.8 Å². The molecule has 31 heavy (non-hydrogen) atoms. The molecule has 0 radical (unpaired) electrons. The van der Waals surface area contributed by atoms with Crippen molar-refractivity contribution in [3.8, 4) is 11.6 Å². The van der Waals surface area contributed by atoms with Crippen LogP contribution in [0.1, 0.15) is 28.9 Å². The number of rotatable bonds is 3. The number of carbonyl (C=O) groups is 1. The van der Waals surface area contributed by atoms with Crippen molar-refractivity contribution in [3.63, 3.8) is 0 Å². The Labute approximate surface area is 173 Å². The van der Waals surface area contributed by atoms with Gasteiger partial charge >= 0.3 is 6.18 Å². The summed E-state index contributed by atoms with van der Waals surface area (Å²) in [6, 6.07) is 9.88. The molecule has 1 fully saturated rings. The van der Waals surface area contributed by atoms with Crippen LogP contribution in [-0.4, -0.2) is 39.8 Å². The predicted octanol–water partition coefficient (Wildman–Crippen LogP) is 5.31. The van der Waals surface area contributed by atoms with E-state index in [1.807, 2.05) is 0 Å². The van der Waals surface area contributed by atoms with Gasteiger partial charge in [0.1, 0.15) is 11.4 Å². The minimum absolute atomic E-state index is 0.00555. The number of benzene rings is 1. The highest BCUT2D eigenvalue weighted by atomic mass is 19.4. The fraction of sp³-hybridized carbons (Fsp3) is 0.286. The fourth-order valence-corrected chi connectivity index (χ4v) is 3.21. The molecule has 2 aromatic heterocycles. The molecule has 1 aliphatic rings. The van der Waals surface area contributed by atoms with E-state index in [1.165, 1.54) is 11.0 Å². The molecule has 162 valence electrons. The Morgan fingerprint density at radius 1 is 1.03 bits per heavy atom. The van der Waals surface area contributed by atoms with Crippen LogP contribution in [0.4, 0.5) is 22.0 Å². The van der Waals surface area contributed by atoms with E-state index in [2.05, 4.69) is 9.97 Å². The highest BCUT2D eigenvalue weighted by Crippen LogP contribution is 2.31. The first-order chi connectivity index (χ1) is 14.6. The summed E-state index contributed by atoms with van der Waals surface area (Å²) in [7, 11) is 0. The van der Waals surface area contributed by atoms with Gasteiger partial charge in [0, 0.05) is 43.6 Å². The van der Waals surface area contributed by atoms with E-state index in [-0.39, 0.29) is 37.5 Å². The van der Waals surface area contributed by atoms with Crippen molar-refractivity contribution in [2.75, 3.05) is 13.1 Å². The summed E-state index contributed by atoms with van der Waals surface area (Å²) in [5.74, 6) is -2.83. The van der Waals surface area contributed by atoms with Crippen molar-refractivity contribution in [1.82, 2.24) is 14.9 Å². The number of likely N-dealkylation sites (tertiary alicyclic amines) is 1. The van der Waals surface area contributed by atoms with Crippen LogP contribution in [0.15, 0.2) is 48.7 Å². The Morgan fingerprint density at radius 3 is 2.42 bits per heavy atom. The number of piperidine rings is 1. The number of pyridine rings is 2. The van der Waals surface area contributed by atoms with Gasteiger partial charge in [0.05, 0.1) is 11.1 Å². The number of hydrogen-bond donors (Lipinski definition) is 0. The van der Waals surface area contributed by atoms with E-state index in [0.717, 1.165) is 12.1 Å². The highest BCUT2D eigenvalue weighted by Gasteiger charge is 2.36. The van der Waals surface area contributed by atoms with Crippen LogP contribution in [0, 0.1) is 0 Å². The fourth-order valence-electron chi connectivity index (χ4n) is 3.21. The molecule has 1 saturated heterocycles. The average Bonchev–Trinajstić information content (AvgIpc) is 2.72. The molecule has 3 heterocycles. The van der Waals surface area contributed by atoms with E-state index in [4.69, 9.17) is 4.74 Å². The van der Waals surface area contributed by atoms with E-state index in [9.17, 15) is 26.7 Å². The Morgan fingerprint density at radius 2 is 1.77 bits per heavy atom. The number of halogens is 5. The molecule has 0 saturated carbocycles. The van der Waals surface area contributed by atoms with Gasteiger partial charge in [-0.05, 0) is 30.3 Å². The summed E-state index contributed by atoms with van der Waals surface area (Å²) < 4.78 is 69.9.